The Morgan fingerprint density at radius 2 is 1.91 bits per heavy atom. The molecule has 7 nitrogen and oxygen atoms in total. The van der Waals surface area contributed by atoms with E-state index in [0.717, 1.165) is 31.7 Å². The van der Waals surface area contributed by atoms with Crippen molar-refractivity contribution in [2.24, 2.45) is 17.8 Å². The van der Waals surface area contributed by atoms with Gasteiger partial charge in [-0.05, 0) is 55.7 Å². The first-order valence-electron chi connectivity index (χ1n) is 11.4. The third kappa shape index (κ3) is 3.43. The van der Waals surface area contributed by atoms with E-state index in [9.17, 15) is 18.7 Å². The lowest BCUT2D eigenvalue weighted by Gasteiger charge is -2.47. The van der Waals surface area contributed by atoms with Crippen molar-refractivity contribution in [2.45, 2.75) is 31.7 Å². The Kier molecular flexibility index (Phi) is 4.86. The summed E-state index contributed by atoms with van der Waals surface area (Å²) in [4.78, 5) is 24.2. The Morgan fingerprint density at radius 1 is 1.12 bits per heavy atom. The van der Waals surface area contributed by atoms with Crippen LogP contribution in [0.4, 0.5) is 14.6 Å². The average Bonchev–Trinajstić information content (AvgIpc) is 3.50. The Balaban J connectivity index is 1.46. The molecule has 3 aliphatic carbocycles. The lowest BCUT2D eigenvalue weighted by atomic mass is 9.61. The molecule has 174 valence electrons. The number of nitrogens with zero attached hydrogens (tertiary/aromatic N) is 2. The van der Waals surface area contributed by atoms with Gasteiger partial charge in [-0.25, -0.2) is 18.7 Å². The van der Waals surface area contributed by atoms with Gasteiger partial charge in [0.05, 0.1) is 17.7 Å². The number of halogens is 2. The minimum absolute atomic E-state index is 0.144. The molecule has 4 aromatic rings. The molecule has 7 rings (SSSR count). The van der Waals surface area contributed by atoms with Crippen molar-refractivity contribution in [2.75, 3.05) is 5.32 Å². The number of H-pyrrole nitrogens is 1. The van der Waals surface area contributed by atoms with E-state index in [1.807, 2.05) is 0 Å². The Hall–Kier alpha value is -3.75. The number of nitrogens with one attached hydrogen (secondary N) is 2. The normalized spacial score (nSPS) is 23.9. The Bertz CT molecular complexity index is 1380. The quantitative estimate of drug-likeness (QED) is 0.362. The van der Waals surface area contributed by atoms with Gasteiger partial charge < -0.3 is 19.8 Å². The summed E-state index contributed by atoms with van der Waals surface area (Å²) >= 11 is 0. The summed E-state index contributed by atoms with van der Waals surface area (Å²) in [6.45, 7) is 0. The number of rotatable bonds is 5. The van der Waals surface area contributed by atoms with E-state index >= 15 is 0 Å². The molecule has 3 saturated carbocycles. The van der Waals surface area contributed by atoms with Gasteiger partial charge in [0.25, 0.3) is 0 Å². The van der Waals surface area contributed by atoms with Crippen LogP contribution in [-0.4, -0.2) is 32.1 Å². The van der Waals surface area contributed by atoms with E-state index in [-0.39, 0.29) is 29.2 Å². The van der Waals surface area contributed by atoms with Crippen LogP contribution in [0.25, 0.3) is 33.7 Å². The van der Waals surface area contributed by atoms with Crippen LogP contribution in [0, 0.1) is 29.4 Å². The highest BCUT2D eigenvalue weighted by atomic mass is 19.1. The van der Waals surface area contributed by atoms with Gasteiger partial charge in [-0.1, -0.05) is 0 Å². The van der Waals surface area contributed by atoms with Crippen LogP contribution in [-0.2, 0) is 4.79 Å². The average molecular weight is 464 g/mol. The van der Waals surface area contributed by atoms with Crippen molar-refractivity contribution in [3.05, 3.63) is 54.4 Å². The molecule has 2 bridgehead atoms. The number of aliphatic carboxylic acids is 1. The molecule has 3 fully saturated rings. The largest absolute Gasteiger partial charge is 0.481 e. The lowest BCUT2D eigenvalue weighted by molar-refractivity contribution is -0.148. The molecule has 2 atom stereocenters. The second kappa shape index (κ2) is 7.93. The van der Waals surface area contributed by atoms with Gasteiger partial charge in [-0.2, -0.15) is 0 Å². The number of benzene rings is 1. The summed E-state index contributed by atoms with van der Waals surface area (Å²) in [5.41, 5.74) is 1.08. The molecule has 3 aromatic heterocycles. The van der Waals surface area contributed by atoms with Crippen molar-refractivity contribution >= 4 is 22.7 Å². The van der Waals surface area contributed by atoms with Gasteiger partial charge in [0.15, 0.2) is 11.6 Å². The summed E-state index contributed by atoms with van der Waals surface area (Å²) in [6.07, 6.45) is 6.89. The SMILES string of the molecule is O=C(O)[C@@H]1C2CCC(CC2)[C@H]1Nc1cc(-c2ccco2)nc(-c2c[nH]c3c(F)cc(F)cc23)n1. The summed E-state index contributed by atoms with van der Waals surface area (Å²) in [7, 11) is 0. The summed E-state index contributed by atoms with van der Waals surface area (Å²) in [5, 5.41) is 13.6. The molecule has 3 heterocycles. The lowest BCUT2D eigenvalue weighted by Crippen LogP contribution is -2.51. The minimum atomic E-state index is -0.796. The van der Waals surface area contributed by atoms with Crippen LogP contribution >= 0.6 is 0 Å². The number of carboxylic acids is 1. The summed E-state index contributed by atoms with van der Waals surface area (Å²) < 4.78 is 33.8. The standard InChI is InChI=1S/C25H22F2N4O3/c26-14-8-15-16(11-28-23(15)17(27)9-14)24-29-18(19-2-1-7-34-19)10-20(31-24)30-22-13-5-3-12(4-6-13)21(22)25(32)33/h1-2,7-13,21-22,28H,3-6H2,(H,32,33)(H,29,30,31)/t12?,13?,21-,22-/m1/s1. The van der Waals surface area contributed by atoms with E-state index < -0.39 is 23.5 Å². The van der Waals surface area contributed by atoms with Gasteiger partial charge in [-0.3, -0.25) is 4.79 Å². The van der Waals surface area contributed by atoms with Gasteiger partial charge in [0.1, 0.15) is 23.1 Å². The van der Waals surface area contributed by atoms with Gasteiger partial charge in [-0.15, -0.1) is 0 Å². The molecule has 0 saturated heterocycles. The highest BCUT2D eigenvalue weighted by molar-refractivity contribution is 5.94. The van der Waals surface area contributed by atoms with Crippen LogP contribution in [0.2, 0.25) is 0 Å². The topological polar surface area (TPSA) is 104 Å². The number of hydrogen-bond donors (Lipinski definition) is 3. The molecule has 9 heteroatoms. The van der Waals surface area contributed by atoms with Gasteiger partial charge in [0.2, 0.25) is 0 Å². The monoisotopic (exact) mass is 464 g/mol. The molecule has 0 spiro atoms. The zero-order valence-corrected chi connectivity index (χ0v) is 18.1. The molecule has 0 amide bonds. The second-order valence-corrected chi connectivity index (χ2v) is 9.16. The highest BCUT2D eigenvalue weighted by Gasteiger charge is 2.47. The van der Waals surface area contributed by atoms with Crippen LogP contribution in [0.1, 0.15) is 25.7 Å². The zero-order chi connectivity index (χ0) is 23.4. The fraction of sp³-hybridized carbons (Fsp3) is 0.320. The molecule has 3 aliphatic rings. The third-order valence-electron chi connectivity index (χ3n) is 7.27. The van der Waals surface area contributed by atoms with Crippen molar-refractivity contribution < 1.29 is 23.1 Å². The Labute approximate surface area is 193 Å². The second-order valence-electron chi connectivity index (χ2n) is 9.16. The van der Waals surface area contributed by atoms with Crippen molar-refractivity contribution in [1.29, 1.82) is 0 Å². The van der Waals surface area contributed by atoms with Crippen molar-refractivity contribution in [3.63, 3.8) is 0 Å². The molecule has 1 aromatic carbocycles. The third-order valence-corrected chi connectivity index (χ3v) is 7.27. The number of fused-ring (bicyclic) bond motifs is 4. The van der Waals surface area contributed by atoms with Crippen LogP contribution in [0.3, 0.4) is 0 Å². The number of carbonyl (C=O) groups is 1. The smallest absolute Gasteiger partial charge is 0.308 e. The highest BCUT2D eigenvalue weighted by Crippen LogP contribution is 2.46. The van der Waals surface area contributed by atoms with Crippen molar-refractivity contribution in [1.82, 2.24) is 15.0 Å². The maximum absolute atomic E-state index is 14.3. The minimum Gasteiger partial charge on any atom is -0.481 e. The first kappa shape index (κ1) is 20.8. The fourth-order valence-corrected chi connectivity index (χ4v) is 5.72. The number of hydrogen-bond acceptors (Lipinski definition) is 5. The maximum Gasteiger partial charge on any atom is 0.308 e. The van der Waals surface area contributed by atoms with Gasteiger partial charge in [0, 0.05) is 35.3 Å². The number of furan rings is 1. The number of aromatic amines is 1. The molecule has 34 heavy (non-hydrogen) atoms. The fourth-order valence-electron chi connectivity index (χ4n) is 5.72. The zero-order valence-electron chi connectivity index (χ0n) is 18.1. The summed E-state index contributed by atoms with van der Waals surface area (Å²) in [6, 6.07) is 7.02. The van der Waals surface area contributed by atoms with E-state index in [1.54, 1.807) is 24.4 Å². The molecule has 3 N–H and O–H groups in total. The number of aromatic nitrogens is 3. The molecule has 0 unspecified atom stereocenters. The molecular weight excluding hydrogens is 442 g/mol. The maximum atomic E-state index is 14.3. The van der Waals surface area contributed by atoms with E-state index in [1.165, 1.54) is 12.3 Å². The number of carboxylic acid groups (broad SMARTS) is 1. The molecule has 0 radical (unpaired) electrons. The van der Waals surface area contributed by atoms with Crippen LogP contribution in [0.5, 0.6) is 0 Å². The van der Waals surface area contributed by atoms with Crippen molar-refractivity contribution in [3.8, 4) is 22.8 Å². The first-order chi connectivity index (χ1) is 16.5. The predicted octanol–water partition coefficient (Wildman–Crippen LogP) is 5.46. The predicted molar refractivity (Wildman–Crippen MR) is 121 cm³/mol. The number of anilines is 1. The van der Waals surface area contributed by atoms with Crippen LogP contribution < -0.4 is 5.32 Å². The van der Waals surface area contributed by atoms with E-state index in [2.05, 4.69) is 20.3 Å². The van der Waals surface area contributed by atoms with Gasteiger partial charge >= 0.3 is 5.97 Å². The summed E-state index contributed by atoms with van der Waals surface area (Å²) in [5.74, 6) is -1.10. The molecule has 0 aliphatic heterocycles. The Morgan fingerprint density at radius 3 is 2.65 bits per heavy atom. The van der Waals surface area contributed by atoms with E-state index in [0.29, 0.717) is 28.2 Å². The first-order valence-corrected chi connectivity index (χ1v) is 11.4. The van der Waals surface area contributed by atoms with E-state index in [4.69, 9.17) is 4.42 Å². The molecular formula is C25H22F2N4O3. The van der Waals surface area contributed by atoms with Crippen LogP contribution in [0.15, 0.2) is 47.2 Å².